The van der Waals surface area contributed by atoms with Crippen molar-refractivity contribution in [3.8, 4) is 0 Å². The number of benzene rings is 2. The molecule has 0 aliphatic heterocycles. The summed E-state index contributed by atoms with van der Waals surface area (Å²) in [6.07, 6.45) is 0.294. The van der Waals surface area contributed by atoms with Crippen molar-refractivity contribution in [2.45, 2.75) is 18.2 Å². The first-order chi connectivity index (χ1) is 11.0. The monoisotopic (exact) mass is 334 g/mol. The fourth-order valence-corrected chi connectivity index (χ4v) is 2.60. The summed E-state index contributed by atoms with van der Waals surface area (Å²) in [6, 6.07) is 12.0. The summed E-state index contributed by atoms with van der Waals surface area (Å²) in [7, 11) is 0. The van der Waals surface area contributed by atoms with Crippen molar-refractivity contribution in [1.82, 2.24) is 5.43 Å². The Labute approximate surface area is 137 Å². The van der Waals surface area contributed by atoms with Gasteiger partial charge in [0.25, 0.3) is 0 Å². The molecule has 0 aliphatic rings. The fourth-order valence-electron chi connectivity index (χ4n) is 1.75. The summed E-state index contributed by atoms with van der Waals surface area (Å²) >= 11 is 1.47. The molecular formula is C17H16F2N2OS. The van der Waals surface area contributed by atoms with E-state index < -0.39 is 0 Å². The highest BCUT2D eigenvalue weighted by atomic mass is 32.2. The molecule has 0 atom stereocenters. The van der Waals surface area contributed by atoms with E-state index in [0.717, 1.165) is 10.5 Å². The average Bonchev–Trinajstić information content (AvgIpc) is 2.55. The smallest absolute Gasteiger partial charge is 0.240 e. The molecule has 0 radical (unpaired) electrons. The Morgan fingerprint density at radius 1 is 1.04 bits per heavy atom. The highest BCUT2D eigenvalue weighted by Gasteiger charge is 2.03. The van der Waals surface area contributed by atoms with Crippen LogP contribution in [0.2, 0.25) is 0 Å². The molecule has 2 aromatic carbocycles. The quantitative estimate of drug-likeness (QED) is 0.493. The Kier molecular flexibility index (Phi) is 6.29. The van der Waals surface area contributed by atoms with E-state index in [9.17, 15) is 13.6 Å². The molecule has 0 aromatic heterocycles. The van der Waals surface area contributed by atoms with E-state index in [1.54, 1.807) is 31.2 Å². The van der Waals surface area contributed by atoms with Gasteiger partial charge in [-0.2, -0.15) is 5.10 Å². The third kappa shape index (κ3) is 5.83. The van der Waals surface area contributed by atoms with Crippen LogP contribution in [0.15, 0.2) is 58.5 Å². The van der Waals surface area contributed by atoms with Crippen LogP contribution in [0.5, 0.6) is 0 Å². The minimum absolute atomic E-state index is 0.207. The maximum Gasteiger partial charge on any atom is 0.240 e. The number of rotatable bonds is 6. The van der Waals surface area contributed by atoms with Crippen LogP contribution >= 0.6 is 11.8 Å². The lowest BCUT2D eigenvalue weighted by molar-refractivity contribution is -0.120. The molecule has 0 unspecified atom stereocenters. The first kappa shape index (κ1) is 17.1. The van der Waals surface area contributed by atoms with Gasteiger partial charge in [-0.1, -0.05) is 12.1 Å². The topological polar surface area (TPSA) is 41.5 Å². The molecule has 2 aromatic rings. The van der Waals surface area contributed by atoms with E-state index in [-0.39, 0.29) is 17.5 Å². The maximum absolute atomic E-state index is 12.8. The third-order valence-corrected chi connectivity index (χ3v) is 4.04. The Bertz CT molecular complexity index is 685. The molecule has 6 heteroatoms. The molecule has 0 saturated carbocycles. The van der Waals surface area contributed by atoms with E-state index >= 15 is 0 Å². The maximum atomic E-state index is 12.8. The number of nitrogens with zero attached hydrogens (tertiary/aromatic N) is 1. The lowest BCUT2D eigenvalue weighted by Crippen LogP contribution is -2.19. The second-order valence-electron chi connectivity index (χ2n) is 4.79. The molecule has 120 valence electrons. The largest absolute Gasteiger partial charge is 0.273 e. The van der Waals surface area contributed by atoms with Crippen LogP contribution in [-0.4, -0.2) is 17.4 Å². The minimum Gasteiger partial charge on any atom is -0.273 e. The number of nitrogens with one attached hydrogen (secondary N) is 1. The van der Waals surface area contributed by atoms with Crippen molar-refractivity contribution in [3.63, 3.8) is 0 Å². The van der Waals surface area contributed by atoms with Gasteiger partial charge in [-0.3, -0.25) is 4.79 Å². The fraction of sp³-hybridized carbons (Fsp3) is 0.176. The zero-order valence-electron chi connectivity index (χ0n) is 12.6. The second kappa shape index (κ2) is 8.43. The van der Waals surface area contributed by atoms with E-state index in [2.05, 4.69) is 10.5 Å². The lowest BCUT2D eigenvalue weighted by Gasteiger charge is -2.03. The van der Waals surface area contributed by atoms with Gasteiger partial charge in [0.15, 0.2) is 0 Å². The molecule has 0 fully saturated rings. The van der Waals surface area contributed by atoms with E-state index in [1.807, 2.05) is 0 Å². The molecule has 0 aliphatic carbocycles. The molecular weight excluding hydrogens is 318 g/mol. The first-order valence-corrected chi connectivity index (χ1v) is 8.00. The molecule has 0 bridgehead atoms. The van der Waals surface area contributed by atoms with Crippen molar-refractivity contribution in [2.24, 2.45) is 5.10 Å². The van der Waals surface area contributed by atoms with Crippen molar-refractivity contribution in [3.05, 3.63) is 65.7 Å². The Balaban J connectivity index is 1.77. The molecule has 3 nitrogen and oxygen atoms in total. The van der Waals surface area contributed by atoms with Crippen LogP contribution in [0.25, 0.3) is 0 Å². The summed E-state index contributed by atoms with van der Waals surface area (Å²) in [5.74, 6) is -0.232. The Hall–Kier alpha value is -2.21. The predicted octanol–water partition coefficient (Wildman–Crippen LogP) is 3.99. The zero-order chi connectivity index (χ0) is 16.7. The number of hydrogen-bond donors (Lipinski definition) is 1. The van der Waals surface area contributed by atoms with Gasteiger partial charge in [0.2, 0.25) is 5.91 Å². The van der Waals surface area contributed by atoms with Crippen molar-refractivity contribution in [2.75, 3.05) is 5.75 Å². The van der Waals surface area contributed by atoms with Gasteiger partial charge in [-0.05, 0) is 48.9 Å². The SMILES string of the molecule is C/C(=N/NC(=O)CCSc1ccc(F)cc1)c1ccc(F)cc1. The van der Waals surface area contributed by atoms with Gasteiger partial charge in [-0.15, -0.1) is 11.8 Å². The third-order valence-electron chi connectivity index (χ3n) is 3.02. The molecule has 0 heterocycles. The number of hydrazone groups is 1. The Morgan fingerprint density at radius 2 is 1.61 bits per heavy atom. The number of halogens is 2. The molecule has 2 rings (SSSR count). The highest BCUT2D eigenvalue weighted by Crippen LogP contribution is 2.18. The van der Waals surface area contributed by atoms with Crippen LogP contribution in [0, 0.1) is 11.6 Å². The number of amides is 1. The summed E-state index contributed by atoms with van der Waals surface area (Å²) in [6.45, 7) is 1.74. The van der Waals surface area contributed by atoms with Crippen molar-refractivity contribution in [1.29, 1.82) is 0 Å². The van der Waals surface area contributed by atoms with Gasteiger partial charge in [0.1, 0.15) is 11.6 Å². The average molecular weight is 334 g/mol. The molecule has 0 spiro atoms. The van der Waals surface area contributed by atoms with Crippen LogP contribution < -0.4 is 5.43 Å². The van der Waals surface area contributed by atoms with Gasteiger partial charge < -0.3 is 0 Å². The second-order valence-corrected chi connectivity index (χ2v) is 5.96. The van der Waals surface area contributed by atoms with Gasteiger partial charge >= 0.3 is 0 Å². The van der Waals surface area contributed by atoms with Gasteiger partial charge in [-0.25, -0.2) is 14.2 Å². The lowest BCUT2D eigenvalue weighted by atomic mass is 10.1. The minimum atomic E-state index is -0.316. The summed E-state index contributed by atoms with van der Waals surface area (Å²) in [5.41, 5.74) is 3.82. The Morgan fingerprint density at radius 3 is 2.22 bits per heavy atom. The number of carbonyl (C=O) groups excluding carboxylic acids is 1. The van der Waals surface area contributed by atoms with Crippen LogP contribution in [0.1, 0.15) is 18.9 Å². The summed E-state index contributed by atoms with van der Waals surface area (Å²) in [5, 5.41) is 4.00. The number of thioether (sulfide) groups is 1. The molecule has 1 amide bonds. The van der Waals surface area contributed by atoms with E-state index in [1.165, 1.54) is 36.0 Å². The van der Waals surface area contributed by atoms with Gasteiger partial charge in [0.05, 0.1) is 5.71 Å². The standard InChI is InChI=1S/C17H16F2N2OS/c1-12(13-2-4-14(18)5-3-13)20-21-17(22)10-11-23-16-8-6-15(19)7-9-16/h2-9H,10-11H2,1H3,(H,21,22)/b20-12-. The van der Waals surface area contributed by atoms with Crippen LogP contribution in [0.4, 0.5) is 8.78 Å². The van der Waals surface area contributed by atoms with E-state index in [0.29, 0.717) is 17.9 Å². The summed E-state index contributed by atoms with van der Waals surface area (Å²) in [4.78, 5) is 12.6. The van der Waals surface area contributed by atoms with Crippen molar-refractivity contribution < 1.29 is 13.6 Å². The highest BCUT2D eigenvalue weighted by molar-refractivity contribution is 7.99. The zero-order valence-corrected chi connectivity index (χ0v) is 13.4. The van der Waals surface area contributed by atoms with Crippen LogP contribution in [0.3, 0.4) is 0 Å². The molecule has 1 N–H and O–H groups in total. The molecule has 0 saturated heterocycles. The number of carbonyl (C=O) groups is 1. The molecule has 23 heavy (non-hydrogen) atoms. The number of hydrogen-bond acceptors (Lipinski definition) is 3. The van der Waals surface area contributed by atoms with Crippen molar-refractivity contribution >= 4 is 23.4 Å². The predicted molar refractivity (Wildman–Crippen MR) is 88.5 cm³/mol. The first-order valence-electron chi connectivity index (χ1n) is 7.02. The van der Waals surface area contributed by atoms with Crippen LogP contribution in [-0.2, 0) is 4.79 Å². The van der Waals surface area contributed by atoms with Gasteiger partial charge in [0, 0.05) is 17.1 Å². The summed E-state index contributed by atoms with van der Waals surface area (Å²) < 4.78 is 25.6. The normalized spacial score (nSPS) is 11.3. The van der Waals surface area contributed by atoms with E-state index in [4.69, 9.17) is 0 Å².